The SMILES string of the molecule is O=C(OCc1ccccc1)N1CC[C@@H](F)C[C@H]1c1ccccc1. The number of halogens is 1. The van der Waals surface area contributed by atoms with Crippen LogP contribution in [-0.4, -0.2) is 23.7 Å². The van der Waals surface area contributed by atoms with Crippen LogP contribution in [0.3, 0.4) is 0 Å². The third kappa shape index (κ3) is 3.89. The summed E-state index contributed by atoms with van der Waals surface area (Å²) in [4.78, 5) is 14.1. The van der Waals surface area contributed by atoms with Crippen molar-refractivity contribution in [2.24, 2.45) is 0 Å². The van der Waals surface area contributed by atoms with Crippen LogP contribution in [0.2, 0.25) is 0 Å². The maximum absolute atomic E-state index is 13.8. The van der Waals surface area contributed by atoms with E-state index in [1.54, 1.807) is 4.90 Å². The number of carbonyl (C=O) groups is 1. The van der Waals surface area contributed by atoms with Crippen LogP contribution in [0.15, 0.2) is 60.7 Å². The van der Waals surface area contributed by atoms with E-state index in [1.165, 1.54) is 0 Å². The number of benzene rings is 2. The molecule has 2 aromatic rings. The largest absolute Gasteiger partial charge is 0.445 e. The van der Waals surface area contributed by atoms with Gasteiger partial charge in [-0.15, -0.1) is 0 Å². The molecule has 0 aliphatic carbocycles. The zero-order valence-corrected chi connectivity index (χ0v) is 12.9. The molecule has 23 heavy (non-hydrogen) atoms. The average molecular weight is 313 g/mol. The lowest BCUT2D eigenvalue weighted by atomic mass is 9.94. The monoisotopic (exact) mass is 313 g/mol. The molecule has 0 unspecified atom stereocenters. The Morgan fingerprint density at radius 3 is 2.43 bits per heavy atom. The lowest BCUT2D eigenvalue weighted by Gasteiger charge is -2.36. The smallest absolute Gasteiger partial charge is 0.410 e. The fraction of sp³-hybridized carbons (Fsp3) is 0.316. The molecule has 3 rings (SSSR count). The number of carbonyl (C=O) groups excluding carboxylic acids is 1. The predicted molar refractivity (Wildman–Crippen MR) is 86.6 cm³/mol. The van der Waals surface area contributed by atoms with E-state index in [4.69, 9.17) is 4.74 Å². The van der Waals surface area contributed by atoms with Crippen molar-refractivity contribution in [3.05, 3.63) is 71.8 Å². The lowest BCUT2D eigenvalue weighted by Crippen LogP contribution is -2.41. The summed E-state index contributed by atoms with van der Waals surface area (Å²) >= 11 is 0. The first-order valence-corrected chi connectivity index (χ1v) is 7.90. The molecule has 1 amide bonds. The first-order chi connectivity index (χ1) is 11.2. The van der Waals surface area contributed by atoms with Gasteiger partial charge in [-0.2, -0.15) is 0 Å². The van der Waals surface area contributed by atoms with Crippen molar-refractivity contribution in [3.8, 4) is 0 Å². The average Bonchev–Trinajstić information content (AvgIpc) is 2.61. The molecule has 3 nitrogen and oxygen atoms in total. The molecule has 120 valence electrons. The van der Waals surface area contributed by atoms with Crippen molar-refractivity contribution in [2.45, 2.75) is 31.7 Å². The molecule has 0 spiro atoms. The maximum atomic E-state index is 13.8. The number of likely N-dealkylation sites (tertiary alicyclic amines) is 1. The molecule has 1 fully saturated rings. The highest BCUT2D eigenvalue weighted by atomic mass is 19.1. The summed E-state index contributed by atoms with van der Waals surface area (Å²) in [7, 11) is 0. The van der Waals surface area contributed by atoms with E-state index in [1.807, 2.05) is 60.7 Å². The van der Waals surface area contributed by atoms with E-state index in [2.05, 4.69) is 0 Å². The van der Waals surface area contributed by atoms with Gasteiger partial charge in [0.25, 0.3) is 0 Å². The van der Waals surface area contributed by atoms with E-state index in [0.29, 0.717) is 19.4 Å². The number of amides is 1. The molecule has 0 N–H and O–H groups in total. The van der Waals surface area contributed by atoms with Crippen LogP contribution in [0.25, 0.3) is 0 Å². The van der Waals surface area contributed by atoms with Gasteiger partial charge in [-0.05, 0) is 17.5 Å². The zero-order valence-electron chi connectivity index (χ0n) is 12.9. The van der Waals surface area contributed by atoms with E-state index in [-0.39, 0.29) is 18.7 Å². The van der Waals surface area contributed by atoms with Gasteiger partial charge in [0.2, 0.25) is 0 Å². The van der Waals surface area contributed by atoms with Crippen molar-refractivity contribution in [1.82, 2.24) is 4.90 Å². The molecule has 4 heteroatoms. The molecular weight excluding hydrogens is 293 g/mol. The summed E-state index contributed by atoms with van der Waals surface area (Å²) in [5.41, 5.74) is 1.89. The Morgan fingerprint density at radius 1 is 1.09 bits per heavy atom. The summed E-state index contributed by atoms with van der Waals surface area (Å²) < 4.78 is 19.2. The molecule has 2 atom stereocenters. The maximum Gasteiger partial charge on any atom is 0.410 e. The lowest BCUT2D eigenvalue weighted by molar-refractivity contribution is 0.0498. The van der Waals surface area contributed by atoms with Crippen LogP contribution in [0, 0.1) is 0 Å². The molecule has 0 saturated carbocycles. The van der Waals surface area contributed by atoms with Crippen LogP contribution in [0.5, 0.6) is 0 Å². The van der Waals surface area contributed by atoms with Gasteiger partial charge in [-0.1, -0.05) is 60.7 Å². The van der Waals surface area contributed by atoms with E-state index in [0.717, 1.165) is 11.1 Å². The molecular formula is C19H20FNO2. The predicted octanol–water partition coefficient (Wildman–Crippen LogP) is 4.50. The van der Waals surface area contributed by atoms with Gasteiger partial charge in [-0.3, -0.25) is 0 Å². The van der Waals surface area contributed by atoms with Gasteiger partial charge >= 0.3 is 6.09 Å². The third-order valence-corrected chi connectivity index (χ3v) is 4.16. The third-order valence-electron chi connectivity index (χ3n) is 4.16. The molecule has 0 bridgehead atoms. The molecule has 1 heterocycles. The summed E-state index contributed by atoms with van der Waals surface area (Å²) in [6, 6.07) is 18.9. The number of nitrogens with zero attached hydrogens (tertiary/aromatic N) is 1. The highest BCUT2D eigenvalue weighted by molar-refractivity contribution is 5.68. The fourth-order valence-corrected chi connectivity index (χ4v) is 2.93. The van der Waals surface area contributed by atoms with Crippen LogP contribution in [0.4, 0.5) is 9.18 Å². The Morgan fingerprint density at radius 2 is 1.74 bits per heavy atom. The Labute approximate surface area is 135 Å². The Bertz CT molecular complexity index is 632. The van der Waals surface area contributed by atoms with Crippen LogP contribution >= 0.6 is 0 Å². The Balaban J connectivity index is 1.69. The molecule has 1 aliphatic rings. The summed E-state index contributed by atoms with van der Waals surface area (Å²) in [6.07, 6.45) is -0.568. The van der Waals surface area contributed by atoms with Crippen molar-refractivity contribution < 1.29 is 13.9 Å². The summed E-state index contributed by atoms with van der Waals surface area (Å²) in [5, 5.41) is 0. The molecule has 1 saturated heterocycles. The Hall–Kier alpha value is -2.36. The number of piperidine rings is 1. The minimum Gasteiger partial charge on any atom is -0.445 e. The summed E-state index contributed by atoms with van der Waals surface area (Å²) in [5.74, 6) is 0. The standard InChI is InChI=1S/C19H20FNO2/c20-17-11-12-21(18(13-17)16-9-5-2-6-10-16)19(22)23-14-15-7-3-1-4-8-15/h1-10,17-18H,11-14H2/t17-,18+/m1/s1. The quantitative estimate of drug-likeness (QED) is 0.835. The first-order valence-electron chi connectivity index (χ1n) is 7.90. The van der Waals surface area contributed by atoms with Crippen molar-refractivity contribution in [3.63, 3.8) is 0 Å². The fourth-order valence-electron chi connectivity index (χ4n) is 2.93. The number of hydrogen-bond acceptors (Lipinski definition) is 2. The normalized spacial score (nSPS) is 21.0. The number of ether oxygens (including phenoxy) is 1. The second-order valence-corrected chi connectivity index (χ2v) is 5.78. The number of hydrogen-bond donors (Lipinski definition) is 0. The van der Waals surface area contributed by atoms with Crippen molar-refractivity contribution >= 4 is 6.09 Å². The van der Waals surface area contributed by atoms with E-state index < -0.39 is 6.17 Å². The van der Waals surface area contributed by atoms with E-state index in [9.17, 15) is 9.18 Å². The minimum absolute atomic E-state index is 0.233. The van der Waals surface area contributed by atoms with Gasteiger partial charge in [0.1, 0.15) is 12.8 Å². The van der Waals surface area contributed by atoms with E-state index >= 15 is 0 Å². The van der Waals surface area contributed by atoms with Crippen molar-refractivity contribution in [2.75, 3.05) is 6.54 Å². The minimum atomic E-state index is -0.877. The van der Waals surface area contributed by atoms with Crippen LogP contribution < -0.4 is 0 Å². The topological polar surface area (TPSA) is 29.5 Å². The van der Waals surface area contributed by atoms with Gasteiger partial charge in [0.05, 0.1) is 6.04 Å². The van der Waals surface area contributed by atoms with Crippen LogP contribution in [-0.2, 0) is 11.3 Å². The molecule has 1 aliphatic heterocycles. The van der Waals surface area contributed by atoms with Gasteiger partial charge < -0.3 is 9.64 Å². The highest BCUT2D eigenvalue weighted by Crippen LogP contribution is 2.32. The number of alkyl halides is 1. The van der Waals surface area contributed by atoms with Crippen molar-refractivity contribution in [1.29, 1.82) is 0 Å². The molecule has 0 aromatic heterocycles. The van der Waals surface area contributed by atoms with Crippen LogP contribution in [0.1, 0.15) is 30.0 Å². The van der Waals surface area contributed by atoms with Gasteiger partial charge in [0.15, 0.2) is 0 Å². The second-order valence-electron chi connectivity index (χ2n) is 5.78. The zero-order chi connectivity index (χ0) is 16.1. The van der Waals surface area contributed by atoms with Gasteiger partial charge in [0, 0.05) is 13.0 Å². The Kier molecular flexibility index (Phi) is 4.91. The van der Waals surface area contributed by atoms with Gasteiger partial charge in [-0.25, -0.2) is 9.18 Å². The first kappa shape index (κ1) is 15.5. The molecule has 0 radical (unpaired) electrons. The highest BCUT2D eigenvalue weighted by Gasteiger charge is 2.33. The summed E-state index contributed by atoms with van der Waals surface area (Å²) in [6.45, 7) is 0.616. The second kappa shape index (κ2) is 7.27. The molecule has 2 aromatic carbocycles. The number of rotatable bonds is 3.